The minimum Gasteiger partial charge on any atom is -0.381 e. The van der Waals surface area contributed by atoms with E-state index in [0.29, 0.717) is 25.3 Å². The molecule has 0 bridgehead atoms. The molecule has 2 atom stereocenters. The van der Waals surface area contributed by atoms with Gasteiger partial charge < -0.3 is 15.0 Å². The Labute approximate surface area is 162 Å². The number of nitrogens with one attached hydrogen (secondary N) is 1. The van der Waals surface area contributed by atoms with Crippen LogP contribution in [0, 0.1) is 12.8 Å². The second-order valence-electron chi connectivity index (χ2n) is 8.30. The van der Waals surface area contributed by atoms with Crippen molar-refractivity contribution in [1.82, 2.24) is 9.88 Å². The zero-order valence-electron chi connectivity index (χ0n) is 16.6. The van der Waals surface area contributed by atoms with Gasteiger partial charge in [-0.2, -0.15) is 0 Å². The number of aryl methyl sites for hydroxylation is 1. The van der Waals surface area contributed by atoms with Crippen LogP contribution in [0.3, 0.4) is 0 Å². The Kier molecular flexibility index (Phi) is 5.64. The molecule has 148 valence electrons. The molecule has 3 saturated heterocycles. The summed E-state index contributed by atoms with van der Waals surface area (Å²) in [6.45, 7) is 9.06. The van der Waals surface area contributed by atoms with Crippen molar-refractivity contribution in [2.75, 3.05) is 43.1 Å². The molecule has 0 saturated carbocycles. The number of aromatic nitrogens is 1. The van der Waals surface area contributed by atoms with Crippen LogP contribution in [0.15, 0.2) is 12.1 Å². The maximum Gasteiger partial charge on any atom is 0.227 e. The quantitative estimate of drug-likeness (QED) is 0.881. The summed E-state index contributed by atoms with van der Waals surface area (Å²) in [6, 6.07) is 5.44. The molecule has 0 radical (unpaired) electrons. The molecule has 1 aromatic rings. The Morgan fingerprint density at radius 2 is 2.00 bits per heavy atom. The Bertz CT molecular complexity index is 674. The van der Waals surface area contributed by atoms with Crippen molar-refractivity contribution in [3.63, 3.8) is 0 Å². The van der Waals surface area contributed by atoms with Gasteiger partial charge in [0.15, 0.2) is 0 Å². The minimum atomic E-state index is 0.0552. The van der Waals surface area contributed by atoms with Gasteiger partial charge in [-0.15, -0.1) is 0 Å². The molecular formula is C21H32N4O2. The Balaban J connectivity index is 1.37. The number of hydrogen-bond acceptors (Lipinski definition) is 5. The van der Waals surface area contributed by atoms with Crippen molar-refractivity contribution in [2.45, 2.75) is 58.0 Å². The molecule has 1 aromatic heterocycles. The number of hydrogen-bond donors (Lipinski definition) is 1. The predicted molar refractivity (Wildman–Crippen MR) is 107 cm³/mol. The van der Waals surface area contributed by atoms with Gasteiger partial charge in [-0.05, 0) is 64.6 Å². The van der Waals surface area contributed by atoms with E-state index in [1.54, 1.807) is 0 Å². The van der Waals surface area contributed by atoms with Crippen molar-refractivity contribution in [1.29, 1.82) is 0 Å². The molecule has 3 fully saturated rings. The monoisotopic (exact) mass is 372 g/mol. The SMILES string of the molecule is Cc1nc(N2CCC(N3CCCC3C)C2)ccc1NC(=O)C1CCOCC1. The lowest BCUT2D eigenvalue weighted by Crippen LogP contribution is -2.39. The molecule has 3 aliphatic heterocycles. The lowest BCUT2D eigenvalue weighted by Gasteiger charge is -2.28. The van der Waals surface area contributed by atoms with Crippen molar-refractivity contribution >= 4 is 17.4 Å². The fourth-order valence-electron chi connectivity index (χ4n) is 4.77. The maximum absolute atomic E-state index is 12.5. The van der Waals surface area contributed by atoms with Crippen LogP contribution in [0.1, 0.15) is 44.7 Å². The first kappa shape index (κ1) is 18.7. The molecule has 0 aromatic carbocycles. The normalized spacial score (nSPS) is 27.3. The van der Waals surface area contributed by atoms with E-state index in [0.717, 1.165) is 43.1 Å². The van der Waals surface area contributed by atoms with Crippen LogP contribution in [-0.4, -0.2) is 60.7 Å². The summed E-state index contributed by atoms with van der Waals surface area (Å²) in [5.74, 6) is 1.19. The second kappa shape index (κ2) is 8.15. The zero-order valence-corrected chi connectivity index (χ0v) is 16.6. The van der Waals surface area contributed by atoms with Gasteiger partial charge in [0.2, 0.25) is 5.91 Å². The molecule has 1 amide bonds. The number of likely N-dealkylation sites (tertiary alicyclic amines) is 1. The van der Waals surface area contributed by atoms with E-state index >= 15 is 0 Å². The number of nitrogens with zero attached hydrogens (tertiary/aromatic N) is 3. The maximum atomic E-state index is 12.5. The van der Waals surface area contributed by atoms with Crippen molar-refractivity contribution in [3.05, 3.63) is 17.8 Å². The summed E-state index contributed by atoms with van der Waals surface area (Å²) in [5, 5.41) is 3.07. The van der Waals surface area contributed by atoms with E-state index in [2.05, 4.69) is 28.1 Å². The first-order chi connectivity index (χ1) is 13.1. The lowest BCUT2D eigenvalue weighted by molar-refractivity contribution is -0.122. The van der Waals surface area contributed by atoms with Gasteiger partial charge in [-0.25, -0.2) is 4.98 Å². The second-order valence-corrected chi connectivity index (χ2v) is 8.30. The predicted octanol–water partition coefficient (Wildman–Crippen LogP) is 2.82. The standard InChI is InChI=1S/C21H32N4O2/c1-15-4-3-10-25(15)18-7-11-24(14-18)20-6-5-19(16(2)22-20)23-21(26)17-8-12-27-13-9-17/h5-6,15,17-18H,3-4,7-14H2,1-2H3,(H,23,26). The highest BCUT2D eigenvalue weighted by atomic mass is 16.5. The van der Waals surface area contributed by atoms with E-state index in [4.69, 9.17) is 9.72 Å². The largest absolute Gasteiger partial charge is 0.381 e. The number of ether oxygens (including phenoxy) is 1. The van der Waals surface area contributed by atoms with E-state index in [1.807, 2.05) is 13.0 Å². The average molecular weight is 373 g/mol. The van der Waals surface area contributed by atoms with Crippen LogP contribution < -0.4 is 10.2 Å². The number of carbonyl (C=O) groups is 1. The van der Waals surface area contributed by atoms with Crippen LogP contribution in [0.2, 0.25) is 0 Å². The number of pyridine rings is 1. The third-order valence-corrected chi connectivity index (χ3v) is 6.48. The third kappa shape index (κ3) is 4.11. The first-order valence-electron chi connectivity index (χ1n) is 10.5. The Morgan fingerprint density at radius 1 is 1.19 bits per heavy atom. The van der Waals surface area contributed by atoms with Gasteiger partial charge in [-0.3, -0.25) is 9.69 Å². The molecule has 0 aliphatic carbocycles. The van der Waals surface area contributed by atoms with Crippen LogP contribution in [0.25, 0.3) is 0 Å². The van der Waals surface area contributed by atoms with Gasteiger partial charge in [0.05, 0.1) is 11.4 Å². The fourth-order valence-corrected chi connectivity index (χ4v) is 4.77. The zero-order chi connectivity index (χ0) is 18.8. The highest BCUT2D eigenvalue weighted by Gasteiger charge is 2.33. The summed E-state index contributed by atoms with van der Waals surface area (Å²) in [5.41, 5.74) is 1.73. The van der Waals surface area contributed by atoms with Crippen LogP contribution >= 0.6 is 0 Å². The highest BCUT2D eigenvalue weighted by Crippen LogP contribution is 2.28. The van der Waals surface area contributed by atoms with Gasteiger partial charge in [0.1, 0.15) is 5.82 Å². The Morgan fingerprint density at radius 3 is 2.70 bits per heavy atom. The van der Waals surface area contributed by atoms with Crippen molar-refractivity contribution in [3.8, 4) is 0 Å². The van der Waals surface area contributed by atoms with Crippen molar-refractivity contribution < 1.29 is 9.53 Å². The Hall–Kier alpha value is -1.66. The number of rotatable bonds is 4. The van der Waals surface area contributed by atoms with Crippen molar-refractivity contribution in [2.24, 2.45) is 5.92 Å². The molecule has 0 spiro atoms. The van der Waals surface area contributed by atoms with Crippen LogP contribution in [0.5, 0.6) is 0 Å². The van der Waals surface area contributed by atoms with E-state index < -0.39 is 0 Å². The van der Waals surface area contributed by atoms with Crippen LogP contribution in [0.4, 0.5) is 11.5 Å². The smallest absolute Gasteiger partial charge is 0.227 e. The fraction of sp³-hybridized carbons (Fsp3) is 0.714. The van der Waals surface area contributed by atoms with Gasteiger partial charge in [0, 0.05) is 44.3 Å². The number of amides is 1. The number of anilines is 2. The molecule has 1 N–H and O–H groups in total. The number of carbonyl (C=O) groups excluding carboxylic acids is 1. The topological polar surface area (TPSA) is 57.7 Å². The van der Waals surface area contributed by atoms with E-state index in [1.165, 1.54) is 25.8 Å². The molecule has 4 heterocycles. The summed E-state index contributed by atoms with van der Waals surface area (Å²) in [7, 11) is 0. The van der Waals surface area contributed by atoms with E-state index in [9.17, 15) is 4.79 Å². The summed E-state index contributed by atoms with van der Waals surface area (Å²) in [4.78, 5) is 22.3. The summed E-state index contributed by atoms with van der Waals surface area (Å²) in [6.07, 6.45) is 5.49. The highest BCUT2D eigenvalue weighted by molar-refractivity contribution is 5.93. The molecule has 3 aliphatic rings. The summed E-state index contributed by atoms with van der Waals surface area (Å²) >= 11 is 0. The molecule has 2 unspecified atom stereocenters. The average Bonchev–Trinajstić information content (AvgIpc) is 3.33. The lowest BCUT2D eigenvalue weighted by atomic mass is 9.99. The van der Waals surface area contributed by atoms with E-state index in [-0.39, 0.29) is 11.8 Å². The minimum absolute atomic E-state index is 0.0552. The van der Waals surface area contributed by atoms with Gasteiger partial charge in [0.25, 0.3) is 0 Å². The molecular weight excluding hydrogens is 340 g/mol. The van der Waals surface area contributed by atoms with Gasteiger partial charge >= 0.3 is 0 Å². The molecule has 27 heavy (non-hydrogen) atoms. The molecule has 4 rings (SSSR count). The van der Waals surface area contributed by atoms with Crippen LogP contribution in [-0.2, 0) is 9.53 Å². The molecule has 6 heteroatoms. The first-order valence-corrected chi connectivity index (χ1v) is 10.5. The third-order valence-electron chi connectivity index (χ3n) is 6.48. The summed E-state index contributed by atoms with van der Waals surface area (Å²) < 4.78 is 5.35. The van der Waals surface area contributed by atoms with Gasteiger partial charge in [-0.1, -0.05) is 0 Å². The molecule has 6 nitrogen and oxygen atoms in total.